The number of aromatic nitrogens is 2. The summed E-state index contributed by atoms with van der Waals surface area (Å²) in [6.07, 6.45) is 4.01. The van der Waals surface area contributed by atoms with Crippen LogP contribution in [0.25, 0.3) is 17.1 Å². The Balaban J connectivity index is 1.64. The fourth-order valence-corrected chi connectivity index (χ4v) is 3.24. The lowest BCUT2D eigenvalue weighted by atomic mass is 10.2. The Bertz CT molecular complexity index is 892. The van der Waals surface area contributed by atoms with Gasteiger partial charge in [0.05, 0.1) is 11.3 Å². The number of nitrogens with one attached hydrogen (secondary N) is 2. The molecule has 4 rings (SSSR count). The molecule has 1 atom stereocenters. The number of aryl methyl sites for hydroxylation is 1. The van der Waals surface area contributed by atoms with Gasteiger partial charge in [0.2, 0.25) is 0 Å². The molecule has 6 nitrogen and oxygen atoms in total. The number of hydrogen-bond donors (Lipinski definition) is 2. The molecule has 0 radical (unpaired) electrons. The van der Waals surface area contributed by atoms with Crippen LogP contribution in [0.1, 0.15) is 29.0 Å². The molecule has 2 aromatic heterocycles. The number of carbonyl (C=O) groups excluding carboxylic acids is 1. The Kier molecular flexibility index (Phi) is 4.58. The van der Waals surface area contributed by atoms with Crippen LogP contribution in [0.4, 0.5) is 0 Å². The Hall–Kier alpha value is -2.86. The van der Waals surface area contributed by atoms with Crippen LogP contribution in [0.2, 0.25) is 0 Å². The van der Waals surface area contributed by atoms with Gasteiger partial charge in [-0.25, -0.2) is 4.68 Å². The zero-order valence-corrected chi connectivity index (χ0v) is 14.7. The van der Waals surface area contributed by atoms with Gasteiger partial charge in [0.25, 0.3) is 5.91 Å². The largest absolute Gasteiger partial charge is 0.460 e. The van der Waals surface area contributed by atoms with Gasteiger partial charge in [0, 0.05) is 18.8 Å². The van der Waals surface area contributed by atoms with E-state index in [0.717, 1.165) is 30.8 Å². The van der Waals surface area contributed by atoms with Gasteiger partial charge < -0.3 is 15.1 Å². The first-order valence-electron chi connectivity index (χ1n) is 8.94. The van der Waals surface area contributed by atoms with Gasteiger partial charge in [0.1, 0.15) is 11.5 Å². The SMILES string of the molecule is Cc1ccc(-c2nn(-c3ccccc3)cc2C(=O)NCC2CCCN2)o1. The van der Waals surface area contributed by atoms with Gasteiger partial charge in [-0.05, 0) is 50.6 Å². The van der Waals surface area contributed by atoms with E-state index < -0.39 is 0 Å². The lowest BCUT2D eigenvalue weighted by Gasteiger charge is -2.11. The molecule has 0 spiro atoms. The van der Waals surface area contributed by atoms with E-state index in [-0.39, 0.29) is 5.91 Å². The monoisotopic (exact) mass is 350 g/mol. The van der Waals surface area contributed by atoms with Crippen molar-refractivity contribution in [2.75, 3.05) is 13.1 Å². The molecule has 0 bridgehead atoms. The second kappa shape index (κ2) is 7.17. The van der Waals surface area contributed by atoms with Gasteiger partial charge >= 0.3 is 0 Å². The van der Waals surface area contributed by atoms with Crippen molar-refractivity contribution in [3.8, 4) is 17.1 Å². The van der Waals surface area contributed by atoms with E-state index in [2.05, 4.69) is 15.7 Å². The standard InChI is InChI=1S/C20H22N4O2/c1-14-9-10-18(26-14)19-17(20(25)22-12-15-6-5-11-21-15)13-24(23-19)16-7-3-2-4-8-16/h2-4,7-10,13,15,21H,5-6,11-12H2,1H3,(H,22,25). The Morgan fingerprint density at radius 1 is 1.31 bits per heavy atom. The third-order valence-electron chi connectivity index (χ3n) is 4.62. The average Bonchev–Trinajstić information content (AvgIpc) is 3.40. The van der Waals surface area contributed by atoms with E-state index in [1.807, 2.05) is 49.4 Å². The van der Waals surface area contributed by atoms with Gasteiger partial charge in [0.15, 0.2) is 5.76 Å². The van der Waals surface area contributed by atoms with Crippen LogP contribution in [-0.4, -0.2) is 34.8 Å². The van der Waals surface area contributed by atoms with Crippen molar-refractivity contribution < 1.29 is 9.21 Å². The number of hydrogen-bond acceptors (Lipinski definition) is 4. The van der Waals surface area contributed by atoms with Crippen molar-refractivity contribution in [2.24, 2.45) is 0 Å². The highest BCUT2D eigenvalue weighted by atomic mass is 16.3. The molecule has 1 aliphatic rings. The minimum atomic E-state index is -0.134. The summed E-state index contributed by atoms with van der Waals surface area (Å²) in [5.41, 5.74) is 1.97. The Labute approximate surface area is 152 Å². The Morgan fingerprint density at radius 2 is 2.15 bits per heavy atom. The number of nitrogens with zero attached hydrogens (tertiary/aromatic N) is 2. The Morgan fingerprint density at radius 3 is 2.85 bits per heavy atom. The molecule has 26 heavy (non-hydrogen) atoms. The molecule has 1 unspecified atom stereocenters. The predicted octanol–water partition coefficient (Wildman–Crippen LogP) is 2.92. The minimum absolute atomic E-state index is 0.134. The molecule has 134 valence electrons. The molecule has 2 N–H and O–H groups in total. The number of para-hydroxylation sites is 1. The molecule has 3 aromatic rings. The number of amides is 1. The predicted molar refractivity (Wildman–Crippen MR) is 99.4 cm³/mol. The zero-order valence-electron chi connectivity index (χ0n) is 14.7. The van der Waals surface area contributed by atoms with Gasteiger partial charge in [-0.3, -0.25) is 4.79 Å². The van der Waals surface area contributed by atoms with Crippen LogP contribution < -0.4 is 10.6 Å². The second-order valence-corrected chi connectivity index (χ2v) is 6.59. The third-order valence-corrected chi connectivity index (χ3v) is 4.62. The number of carbonyl (C=O) groups is 1. The molecular formula is C20H22N4O2. The second-order valence-electron chi connectivity index (χ2n) is 6.59. The first-order chi connectivity index (χ1) is 12.7. The maximum absolute atomic E-state index is 12.8. The summed E-state index contributed by atoms with van der Waals surface area (Å²) in [6, 6.07) is 13.8. The number of benzene rings is 1. The maximum Gasteiger partial charge on any atom is 0.255 e. The van der Waals surface area contributed by atoms with E-state index in [9.17, 15) is 4.79 Å². The topological polar surface area (TPSA) is 72.1 Å². The summed E-state index contributed by atoms with van der Waals surface area (Å²) in [5, 5.41) is 11.0. The summed E-state index contributed by atoms with van der Waals surface area (Å²) >= 11 is 0. The van der Waals surface area contributed by atoms with E-state index in [1.54, 1.807) is 10.9 Å². The summed E-state index contributed by atoms with van der Waals surface area (Å²) in [6.45, 7) is 3.51. The molecule has 0 aliphatic carbocycles. The smallest absolute Gasteiger partial charge is 0.255 e. The molecule has 0 saturated carbocycles. The zero-order chi connectivity index (χ0) is 17.9. The van der Waals surface area contributed by atoms with Crippen LogP contribution in [0.3, 0.4) is 0 Å². The highest BCUT2D eigenvalue weighted by Gasteiger charge is 2.22. The van der Waals surface area contributed by atoms with E-state index in [1.165, 1.54) is 0 Å². The van der Waals surface area contributed by atoms with Crippen molar-refractivity contribution in [2.45, 2.75) is 25.8 Å². The van der Waals surface area contributed by atoms with Crippen molar-refractivity contribution >= 4 is 5.91 Å². The normalized spacial score (nSPS) is 16.7. The van der Waals surface area contributed by atoms with Crippen LogP contribution >= 0.6 is 0 Å². The van der Waals surface area contributed by atoms with Crippen molar-refractivity contribution in [1.82, 2.24) is 20.4 Å². The molecule has 3 heterocycles. The van der Waals surface area contributed by atoms with E-state index in [0.29, 0.717) is 29.6 Å². The highest BCUT2D eigenvalue weighted by Crippen LogP contribution is 2.25. The van der Waals surface area contributed by atoms with Crippen molar-refractivity contribution in [3.63, 3.8) is 0 Å². The van der Waals surface area contributed by atoms with Crippen LogP contribution in [0.15, 0.2) is 53.1 Å². The number of furan rings is 1. The summed E-state index contributed by atoms with van der Waals surface area (Å²) in [7, 11) is 0. The lowest BCUT2D eigenvalue weighted by molar-refractivity contribution is 0.0950. The lowest BCUT2D eigenvalue weighted by Crippen LogP contribution is -2.37. The van der Waals surface area contributed by atoms with Crippen LogP contribution in [-0.2, 0) is 0 Å². The fourth-order valence-electron chi connectivity index (χ4n) is 3.24. The van der Waals surface area contributed by atoms with Crippen LogP contribution in [0.5, 0.6) is 0 Å². The minimum Gasteiger partial charge on any atom is -0.460 e. The van der Waals surface area contributed by atoms with Gasteiger partial charge in [-0.15, -0.1) is 0 Å². The molecular weight excluding hydrogens is 328 g/mol. The van der Waals surface area contributed by atoms with Gasteiger partial charge in [-0.1, -0.05) is 18.2 Å². The molecule has 1 amide bonds. The van der Waals surface area contributed by atoms with Crippen molar-refractivity contribution in [1.29, 1.82) is 0 Å². The highest BCUT2D eigenvalue weighted by molar-refractivity contribution is 5.99. The molecule has 6 heteroatoms. The van der Waals surface area contributed by atoms with E-state index >= 15 is 0 Å². The van der Waals surface area contributed by atoms with E-state index in [4.69, 9.17) is 4.42 Å². The molecule has 1 fully saturated rings. The summed E-state index contributed by atoms with van der Waals surface area (Å²) < 4.78 is 7.44. The van der Waals surface area contributed by atoms with Crippen LogP contribution in [0, 0.1) is 6.92 Å². The average molecular weight is 350 g/mol. The number of rotatable bonds is 5. The third kappa shape index (κ3) is 3.41. The van der Waals surface area contributed by atoms with Gasteiger partial charge in [-0.2, -0.15) is 5.10 Å². The van der Waals surface area contributed by atoms with Crippen molar-refractivity contribution in [3.05, 3.63) is 60.0 Å². The molecule has 1 aromatic carbocycles. The molecule has 1 saturated heterocycles. The maximum atomic E-state index is 12.8. The molecule has 1 aliphatic heterocycles. The summed E-state index contributed by atoms with van der Waals surface area (Å²) in [4.78, 5) is 12.8. The first kappa shape index (κ1) is 16.6. The summed E-state index contributed by atoms with van der Waals surface area (Å²) in [5.74, 6) is 1.25. The quantitative estimate of drug-likeness (QED) is 0.742. The fraction of sp³-hybridized carbons (Fsp3) is 0.300. The first-order valence-corrected chi connectivity index (χ1v) is 8.94.